The van der Waals surface area contributed by atoms with Gasteiger partial charge in [0.05, 0.1) is 24.2 Å². The summed E-state index contributed by atoms with van der Waals surface area (Å²) >= 11 is 6.04. The van der Waals surface area contributed by atoms with E-state index >= 15 is 0 Å². The fourth-order valence-corrected chi connectivity index (χ4v) is 5.37. The summed E-state index contributed by atoms with van der Waals surface area (Å²) in [4.78, 5) is 19.1. The van der Waals surface area contributed by atoms with E-state index in [-0.39, 0.29) is 28.4 Å². The van der Waals surface area contributed by atoms with Gasteiger partial charge in [-0.15, -0.1) is 0 Å². The normalized spacial score (nSPS) is 14.5. The fourth-order valence-electron chi connectivity index (χ4n) is 3.66. The molecule has 0 saturated heterocycles. The molecule has 182 valence electrons. The summed E-state index contributed by atoms with van der Waals surface area (Å²) in [6, 6.07) is 6.71. The van der Waals surface area contributed by atoms with Gasteiger partial charge in [-0.2, -0.15) is 0 Å². The summed E-state index contributed by atoms with van der Waals surface area (Å²) in [5.74, 6) is 0.528. The second-order valence-corrected chi connectivity index (χ2v) is 12.7. The second kappa shape index (κ2) is 10.1. The van der Waals surface area contributed by atoms with Crippen LogP contribution in [-0.4, -0.2) is 41.0 Å². The van der Waals surface area contributed by atoms with E-state index < -0.39 is 9.84 Å². The molecule has 0 radical (unpaired) electrons. The van der Waals surface area contributed by atoms with Crippen molar-refractivity contribution in [2.45, 2.75) is 77.0 Å². The van der Waals surface area contributed by atoms with E-state index in [1.54, 1.807) is 39.9 Å². The topological polar surface area (TPSA) is 84.3 Å². The number of rotatable bonds is 9. The Morgan fingerprint density at radius 2 is 2.00 bits per heavy atom. The molecule has 1 aromatic heterocycles. The predicted molar refractivity (Wildman–Crippen MR) is 131 cm³/mol. The summed E-state index contributed by atoms with van der Waals surface area (Å²) < 4.78 is 28.4. The van der Waals surface area contributed by atoms with Gasteiger partial charge in [-0.25, -0.2) is 18.2 Å². The Labute approximate surface area is 202 Å². The van der Waals surface area contributed by atoms with Crippen molar-refractivity contribution in [3.63, 3.8) is 0 Å². The molecule has 1 aromatic carbocycles. The summed E-state index contributed by atoms with van der Waals surface area (Å²) in [7, 11) is -3.71. The van der Waals surface area contributed by atoms with Crippen LogP contribution in [0.2, 0.25) is 5.02 Å². The average Bonchev–Trinajstić information content (AvgIpc) is 3.39. The first kappa shape index (κ1) is 25.6. The van der Waals surface area contributed by atoms with Crippen molar-refractivity contribution >= 4 is 27.5 Å². The Hall–Kier alpha value is -2.06. The van der Waals surface area contributed by atoms with Crippen molar-refractivity contribution in [1.29, 1.82) is 0 Å². The Morgan fingerprint density at radius 1 is 1.30 bits per heavy atom. The first-order chi connectivity index (χ1) is 15.3. The number of imidazole rings is 1. The largest absolute Gasteiger partial charge is 0.333 e. The molecular weight excluding hydrogens is 460 g/mol. The maximum absolute atomic E-state index is 13.3. The number of hydrogen-bond donors (Lipinski definition) is 1. The van der Waals surface area contributed by atoms with Crippen LogP contribution in [0.25, 0.3) is 0 Å². The molecule has 3 rings (SSSR count). The molecule has 0 bridgehead atoms. The number of carbonyl (C=O) groups excluding carboxylic acids is 1. The monoisotopic (exact) mass is 494 g/mol. The quantitative estimate of drug-likeness (QED) is 0.538. The molecule has 1 aliphatic carbocycles. The minimum atomic E-state index is -3.71. The molecular formula is C24H35ClN4O3S. The molecule has 2 aromatic rings. The third-order valence-electron chi connectivity index (χ3n) is 5.27. The zero-order chi connectivity index (χ0) is 24.4. The van der Waals surface area contributed by atoms with Crippen molar-refractivity contribution < 1.29 is 13.2 Å². The van der Waals surface area contributed by atoms with Crippen LogP contribution in [0.5, 0.6) is 0 Å². The van der Waals surface area contributed by atoms with Gasteiger partial charge in [0.25, 0.3) is 0 Å². The van der Waals surface area contributed by atoms with Gasteiger partial charge in [-0.05, 0) is 63.1 Å². The molecule has 1 aliphatic rings. The lowest BCUT2D eigenvalue weighted by Gasteiger charge is -2.29. The van der Waals surface area contributed by atoms with E-state index in [1.807, 2.05) is 34.6 Å². The predicted octanol–water partition coefficient (Wildman–Crippen LogP) is 4.89. The Morgan fingerprint density at radius 3 is 2.58 bits per heavy atom. The van der Waals surface area contributed by atoms with Crippen molar-refractivity contribution in [2.24, 2.45) is 11.8 Å². The SMILES string of the molecule is CC(C)Cn1c(CN(CC2CC2)C(=O)NC(C)(C)C)cnc1S(=O)(=O)Cc1cccc(Cl)c1. The Balaban J connectivity index is 1.90. The van der Waals surface area contributed by atoms with Crippen molar-refractivity contribution in [3.05, 3.63) is 46.7 Å². The average molecular weight is 495 g/mol. The van der Waals surface area contributed by atoms with E-state index in [9.17, 15) is 13.2 Å². The number of hydrogen-bond acceptors (Lipinski definition) is 4. The first-order valence-corrected chi connectivity index (χ1v) is 13.5. The van der Waals surface area contributed by atoms with E-state index in [2.05, 4.69) is 10.3 Å². The van der Waals surface area contributed by atoms with Crippen LogP contribution in [0.1, 0.15) is 58.7 Å². The van der Waals surface area contributed by atoms with Gasteiger partial charge < -0.3 is 14.8 Å². The van der Waals surface area contributed by atoms with Crippen LogP contribution >= 0.6 is 11.6 Å². The van der Waals surface area contributed by atoms with Crippen LogP contribution < -0.4 is 5.32 Å². The number of carbonyl (C=O) groups is 1. The molecule has 1 heterocycles. The Kier molecular flexibility index (Phi) is 7.79. The second-order valence-electron chi connectivity index (χ2n) is 10.4. The lowest BCUT2D eigenvalue weighted by molar-refractivity contribution is 0.181. The summed E-state index contributed by atoms with van der Waals surface area (Å²) in [5, 5.41) is 3.57. The first-order valence-electron chi connectivity index (χ1n) is 11.4. The number of aromatic nitrogens is 2. The number of sulfone groups is 1. The molecule has 1 N–H and O–H groups in total. The molecule has 9 heteroatoms. The molecule has 0 spiro atoms. The lowest BCUT2D eigenvalue weighted by atomic mass is 10.1. The molecule has 1 saturated carbocycles. The van der Waals surface area contributed by atoms with E-state index in [1.165, 1.54) is 0 Å². The van der Waals surface area contributed by atoms with Gasteiger partial charge >= 0.3 is 6.03 Å². The molecule has 33 heavy (non-hydrogen) atoms. The number of benzene rings is 1. The highest BCUT2D eigenvalue weighted by molar-refractivity contribution is 7.90. The zero-order valence-electron chi connectivity index (χ0n) is 20.1. The van der Waals surface area contributed by atoms with Crippen LogP contribution in [0.4, 0.5) is 4.79 Å². The molecule has 0 aliphatic heterocycles. The van der Waals surface area contributed by atoms with Crippen molar-refractivity contribution in [3.8, 4) is 0 Å². The number of nitrogens with one attached hydrogen (secondary N) is 1. The van der Waals surface area contributed by atoms with Gasteiger partial charge in [0.2, 0.25) is 15.0 Å². The minimum absolute atomic E-state index is 0.0359. The minimum Gasteiger partial charge on any atom is -0.333 e. The highest BCUT2D eigenvalue weighted by atomic mass is 35.5. The maximum atomic E-state index is 13.3. The standard InChI is InChI=1S/C24H35ClN4O3S/c1-17(2)13-29-21(15-28(14-18-9-10-18)22(30)27-24(3,4)5)12-26-23(29)33(31,32)16-19-7-6-8-20(25)11-19/h6-8,11-12,17-18H,9-10,13-16H2,1-5H3,(H,27,30). The van der Waals surface area contributed by atoms with Gasteiger partial charge in [0, 0.05) is 23.7 Å². The third kappa shape index (κ3) is 7.47. The van der Waals surface area contributed by atoms with Crippen molar-refractivity contribution in [2.75, 3.05) is 6.54 Å². The molecule has 0 unspecified atom stereocenters. The number of halogens is 1. The van der Waals surface area contributed by atoms with Gasteiger partial charge in [0.15, 0.2) is 0 Å². The van der Waals surface area contributed by atoms with Gasteiger partial charge in [-0.1, -0.05) is 37.6 Å². The van der Waals surface area contributed by atoms with Gasteiger partial charge in [-0.3, -0.25) is 0 Å². The fraction of sp³-hybridized carbons (Fsp3) is 0.583. The molecule has 0 atom stereocenters. The van der Waals surface area contributed by atoms with E-state index in [4.69, 9.17) is 11.6 Å². The highest BCUT2D eigenvalue weighted by Crippen LogP contribution is 2.31. The van der Waals surface area contributed by atoms with Crippen LogP contribution in [-0.2, 0) is 28.7 Å². The number of nitrogens with zero attached hydrogens (tertiary/aromatic N) is 3. The van der Waals surface area contributed by atoms with Crippen molar-refractivity contribution in [1.82, 2.24) is 19.8 Å². The lowest BCUT2D eigenvalue weighted by Crippen LogP contribution is -2.49. The summed E-state index contributed by atoms with van der Waals surface area (Å²) in [6.07, 6.45) is 3.82. The molecule has 2 amide bonds. The van der Waals surface area contributed by atoms with Crippen LogP contribution in [0.3, 0.4) is 0 Å². The van der Waals surface area contributed by atoms with Crippen LogP contribution in [0.15, 0.2) is 35.6 Å². The summed E-state index contributed by atoms with van der Waals surface area (Å²) in [5.41, 5.74) is 0.976. The maximum Gasteiger partial charge on any atom is 0.318 e. The third-order valence-corrected chi connectivity index (χ3v) is 7.10. The number of urea groups is 1. The Bertz CT molecular complexity index is 1090. The van der Waals surface area contributed by atoms with E-state index in [0.29, 0.717) is 36.1 Å². The zero-order valence-corrected chi connectivity index (χ0v) is 21.7. The highest BCUT2D eigenvalue weighted by Gasteiger charge is 2.30. The molecule has 1 fully saturated rings. The summed E-state index contributed by atoms with van der Waals surface area (Å²) in [6.45, 7) is 11.4. The van der Waals surface area contributed by atoms with E-state index in [0.717, 1.165) is 18.5 Å². The van der Waals surface area contributed by atoms with Gasteiger partial charge in [0.1, 0.15) is 0 Å². The van der Waals surface area contributed by atoms with Crippen LogP contribution in [0, 0.1) is 11.8 Å². The smallest absolute Gasteiger partial charge is 0.318 e. The molecule has 7 nitrogen and oxygen atoms in total. The number of amides is 2.